The molecule has 5 heteroatoms. The van der Waals surface area contributed by atoms with Gasteiger partial charge in [-0.3, -0.25) is 0 Å². The van der Waals surface area contributed by atoms with Crippen molar-refractivity contribution < 1.29 is 8.85 Å². The molecule has 0 fully saturated rings. The number of rotatable bonds is 11. The molecule has 0 bridgehead atoms. The molecule has 1 aromatic carbocycles. The van der Waals surface area contributed by atoms with Crippen LogP contribution >= 0.6 is 0 Å². The smallest absolute Gasteiger partial charge is 0.334 e. The zero-order valence-electron chi connectivity index (χ0n) is 18.3. The quantitative estimate of drug-likeness (QED) is 0.359. The van der Waals surface area contributed by atoms with Gasteiger partial charge in [0.2, 0.25) is 0 Å². The monoisotopic (exact) mass is 395 g/mol. The summed E-state index contributed by atoms with van der Waals surface area (Å²) >= 11 is 0. The van der Waals surface area contributed by atoms with Crippen molar-refractivity contribution >= 4 is 23.0 Å². The standard InChI is InChI=1S/C21H41NO2Si2/c1-9-23-26(8,24-19(2)25(6)7)18-14-13-17-22(21(3,4)5)20-15-11-10-12-16-20/h10-12,15-16,19,25H,9,13-14,17-18H2,1-8H3. The molecule has 0 aliphatic rings. The van der Waals surface area contributed by atoms with Crippen LogP contribution in [0.2, 0.25) is 25.7 Å². The molecule has 0 heterocycles. The average Bonchev–Trinajstić information content (AvgIpc) is 2.54. The summed E-state index contributed by atoms with van der Waals surface area (Å²) in [5.74, 6) is 0. The van der Waals surface area contributed by atoms with Gasteiger partial charge in [-0.05, 0) is 72.2 Å². The molecule has 0 aliphatic heterocycles. The van der Waals surface area contributed by atoms with Gasteiger partial charge in [-0.2, -0.15) is 0 Å². The van der Waals surface area contributed by atoms with Crippen LogP contribution in [-0.4, -0.2) is 41.8 Å². The lowest BCUT2D eigenvalue weighted by Crippen LogP contribution is -2.45. The molecule has 0 saturated heterocycles. The molecule has 0 aromatic heterocycles. The first kappa shape index (κ1) is 23.4. The van der Waals surface area contributed by atoms with E-state index in [9.17, 15) is 0 Å². The van der Waals surface area contributed by atoms with Crippen LogP contribution in [0.4, 0.5) is 5.69 Å². The number of nitrogens with zero attached hydrogens (tertiary/aromatic N) is 1. The topological polar surface area (TPSA) is 21.7 Å². The highest BCUT2D eigenvalue weighted by molar-refractivity contribution is 6.67. The van der Waals surface area contributed by atoms with E-state index >= 15 is 0 Å². The molecule has 0 radical (unpaired) electrons. The predicted octanol–water partition coefficient (Wildman–Crippen LogP) is 5.61. The Morgan fingerprint density at radius 3 is 2.23 bits per heavy atom. The Balaban J connectivity index is 2.62. The zero-order chi connectivity index (χ0) is 19.8. The van der Waals surface area contributed by atoms with E-state index in [1.54, 1.807) is 0 Å². The number of anilines is 1. The lowest BCUT2D eigenvalue weighted by Gasteiger charge is -2.38. The summed E-state index contributed by atoms with van der Waals surface area (Å²) in [6.07, 6.45) is 2.33. The molecule has 2 atom stereocenters. The van der Waals surface area contributed by atoms with Gasteiger partial charge in [0.15, 0.2) is 0 Å². The predicted molar refractivity (Wildman–Crippen MR) is 120 cm³/mol. The Morgan fingerprint density at radius 2 is 1.73 bits per heavy atom. The molecular weight excluding hydrogens is 354 g/mol. The van der Waals surface area contributed by atoms with Crippen LogP contribution in [-0.2, 0) is 8.85 Å². The van der Waals surface area contributed by atoms with Gasteiger partial charge in [0.05, 0.1) is 8.80 Å². The van der Waals surface area contributed by atoms with Gasteiger partial charge in [0.25, 0.3) is 0 Å². The highest BCUT2D eigenvalue weighted by Gasteiger charge is 2.33. The minimum absolute atomic E-state index is 0.121. The maximum atomic E-state index is 6.46. The second-order valence-corrected chi connectivity index (χ2v) is 15.5. The van der Waals surface area contributed by atoms with Gasteiger partial charge in [-0.25, -0.2) is 0 Å². The molecule has 0 spiro atoms. The summed E-state index contributed by atoms with van der Waals surface area (Å²) in [6.45, 7) is 20.0. The van der Waals surface area contributed by atoms with Crippen LogP contribution in [0.3, 0.4) is 0 Å². The second kappa shape index (κ2) is 10.6. The SMILES string of the molecule is CCO[Si](C)(CCCCN(c1ccccc1)C(C)(C)C)OC(C)[SiH](C)C. The summed E-state index contributed by atoms with van der Waals surface area (Å²) in [4.78, 5) is 2.51. The van der Waals surface area contributed by atoms with E-state index in [2.05, 4.69) is 89.5 Å². The first-order chi connectivity index (χ1) is 12.1. The van der Waals surface area contributed by atoms with E-state index in [-0.39, 0.29) is 5.54 Å². The molecule has 1 aromatic rings. The van der Waals surface area contributed by atoms with Crippen molar-refractivity contribution in [1.29, 1.82) is 0 Å². The first-order valence-electron chi connectivity index (χ1n) is 10.2. The van der Waals surface area contributed by atoms with Crippen molar-refractivity contribution in [2.24, 2.45) is 0 Å². The highest BCUT2D eigenvalue weighted by atomic mass is 28.4. The number of para-hydroxylation sites is 1. The maximum Gasteiger partial charge on any atom is 0.334 e. The third-order valence-corrected chi connectivity index (χ3v) is 10.3. The Morgan fingerprint density at radius 1 is 1.12 bits per heavy atom. The fourth-order valence-electron chi connectivity index (χ4n) is 3.18. The Hall–Kier alpha value is -0.626. The fraction of sp³-hybridized carbons (Fsp3) is 0.714. The van der Waals surface area contributed by atoms with Gasteiger partial charge in [0.1, 0.15) is 0 Å². The fourth-order valence-corrected chi connectivity index (χ4v) is 7.75. The Kier molecular flexibility index (Phi) is 9.58. The molecule has 150 valence electrons. The molecule has 0 amide bonds. The summed E-state index contributed by atoms with van der Waals surface area (Å²) < 4.78 is 12.6. The highest BCUT2D eigenvalue weighted by Crippen LogP contribution is 2.25. The molecular formula is C21H41NO2Si2. The molecule has 0 N–H and O–H groups in total. The van der Waals surface area contributed by atoms with Crippen molar-refractivity contribution in [3.8, 4) is 0 Å². The number of unbranched alkanes of at least 4 members (excludes halogenated alkanes) is 1. The van der Waals surface area contributed by atoms with E-state index in [1.807, 2.05) is 0 Å². The van der Waals surface area contributed by atoms with Crippen molar-refractivity contribution in [3.63, 3.8) is 0 Å². The number of hydrogen-bond donors (Lipinski definition) is 0. The van der Waals surface area contributed by atoms with Gasteiger partial charge in [-0.1, -0.05) is 31.3 Å². The van der Waals surface area contributed by atoms with Gasteiger partial charge in [0, 0.05) is 30.1 Å². The molecule has 26 heavy (non-hydrogen) atoms. The van der Waals surface area contributed by atoms with Crippen molar-refractivity contribution in [2.75, 3.05) is 18.1 Å². The van der Waals surface area contributed by atoms with Crippen molar-refractivity contribution in [3.05, 3.63) is 30.3 Å². The number of hydrogen-bond acceptors (Lipinski definition) is 3. The molecule has 0 saturated carbocycles. The van der Waals surface area contributed by atoms with E-state index in [1.165, 1.54) is 12.1 Å². The van der Waals surface area contributed by atoms with E-state index in [4.69, 9.17) is 8.85 Å². The lowest BCUT2D eigenvalue weighted by molar-refractivity contribution is 0.167. The summed E-state index contributed by atoms with van der Waals surface area (Å²) in [7, 11) is -2.84. The molecule has 2 unspecified atom stereocenters. The van der Waals surface area contributed by atoms with E-state index in [0.29, 0.717) is 5.73 Å². The van der Waals surface area contributed by atoms with Gasteiger partial charge < -0.3 is 13.8 Å². The normalized spacial score (nSPS) is 15.7. The van der Waals surface area contributed by atoms with Crippen LogP contribution in [0.1, 0.15) is 47.5 Å². The maximum absolute atomic E-state index is 6.46. The van der Waals surface area contributed by atoms with Crippen molar-refractivity contribution in [2.45, 2.75) is 84.4 Å². The second-order valence-electron chi connectivity index (χ2n) is 8.75. The largest absolute Gasteiger partial charge is 0.395 e. The van der Waals surface area contributed by atoms with Crippen LogP contribution in [0.25, 0.3) is 0 Å². The average molecular weight is 396 g/mol. The molecule has 1 rings (SSSR count). The Bertz CT molecular complexity index is 504. The van der Waals surface area contributed by atoms with E-state index in [0.717, 1.165) is 25.6 Å². The molecule has 3 nitrogen and oxygen atoms in total. The summed E-state index contributed by atoms with van der Waals surface area (Å²) in [5, 5.41) is 0. The summed E-state index contributed by atoms with van der Waals surface area (Å²) in [5.41, 5.74) is 1.82. The first-order valence-corrected chi connectivity index (χ1v) is 15.7. The lowest BCUT2D eigenvalue weighted by atomic mass is 10.0. The Labute approximate surface area is 164 Å². The minimum Gasteiger partial charge on any atom is -0.395 e. The summed E-state index contributed by atoms with van der Waals surface area (Å²) in [6, 6.07) is 11.8. The van der Waals surface area contributed by atoms with Crippen LogP contribution in [0.15, 0.2) is 30.3 Å². The zero-order valence-corrected chi connectivity index (χ0v) is 20.5. The van der Waals surface area contributed by atoms with E-state index < -0.39 is 17.4 Å². The third kappa shape index (κ3) is 7.95. The molecule has 0 aliphatic carbocycles. The van der Waals surface area contributed by atoms with Gasteiger partial charge >= 0.3 is 8.56 Å². The van der Waals surface area contributed by atoms with Gasteiger partial charge in [-0.15, -0.1) is 0 Å². The van der Waals surface area contributed by atoms with Crippen LogP contribution in [0, 0.1) is 0 Å². The van der Waals surface area contributed by atoms with Crippen LogP contribution < -0.4 is 4.90 Å². The number of benzene rings is 1. The van der Waals surface area contributed by atoms with Crippen molar-refractivity contribution in [1.82, 2.24) is 0 Å². The van der Waals surface area contributed by atoms with Crippen LogP contribution in [0.5, 0.6) is 0 Å². The minimum atomic E-state index is -2.06. The third-order valence-electron chi connectivity index (χ3n) is 4.96.